The van der Waals surface area contributed by atoms with Gasteiger partial charge in [-0.25, -0.2) is 0 Å². The molecule has 1 aliphatic rings. The number of likely N-dealkylation sites (tertiary alicyclic amines) is 1. The van der Waals surface area contributed by atoms with Crippen molar-refractivity contribution in [2.45, 2.75) is 39.2 Å². The van der Waals surface area contributed by atoms with Gasteiger partial charge in [-0.3, -0.25) is 9.69 Å². The molecule has 2 nitrogen and oxygen atoms in total. The number of rotatable bonds is 4. The molecule has 0 N–H and O–H groups in total. The first-order valence-corrected chi connectivity index (χ1v) is 7.95. The Kier molecular flexibility index (Phi) is 5.17. The van der Waals surface area contributed by atoms with Crippen LogP contribution in [0, 0.1) is 5.92 Å². The van der Waals surface area contributed by atoms with Gasteiger partial charge in [-0.15, -0.1) is 0 Å². The van der Waals surface area contributed by atoms with Crippen molar-refractivity contribution in [3.63, 3.8) is 0 Å². The van der Waals surface area contributed by atoms with E-state index in [1.54, 1.807) is 0 Å². The summed E-state index contributed by atoms with van der Waals surface area (Å²) < 4.78 is 1.01. The lowest BCUT2D eigenvalue weighted by molar-refractivity contribution is 0.0749. The van der Waals surface area contributed by atoms with Crippen LogP contribution in [0.5, 0.6) is 0 Å². The molecule has 0 amide bonds. The Labute approximate surface area is 124 Å². The maximum atomic E-state index is 12.5. The predicted molar refractivity (Wildman–Crippen MR) is 82.5 cm³/mol. The highest BCUT2D eigenvalue weighted by Crippen LogP contribution is 2.22. The zero-order valence-corrected chi connectivity index (χ0v) is 13.3. The average Bonchev–Trinajstić information content (AvgIpc) is 2.46. The summed E-state index contributed by atoms with van der Waals surface area (Å²) in [5, 5.41) is 0. The summed E-state index contributed by atoms with van der Waals surface area (Å²) in [7, 11) is 0. The average molecular weight is 324 g/mol. The molecule has 1 aromatic carbocycles. The molecule has 0 aromatic heterocycles. The molecule has 2 unspecified atom stereocenters. The summed E-state index contributed by atoms with van der Waals surface area (Å²) in [6.07, 6.45) is 3.75. The molecule has 2 atom stereocenters. The Balaban J connectivity index is 2.04. The fraction of sp³-hybridized carbons (Fsp3) is 0.562. The van der Waals surface area contributed by atoms with Crippen molar-refractivity contribution in [3.8, 4) is 0 Å². The molecule has 0 bridgehead atoms. The predicted octanol–water partition coefficient (Wildman–Crippen LogP) is 4.14. The first-order valence-electron chi connectivity index (χ1n) is 7.15. The van der Waals surface area contributed by atoms with Crippen LogP contribution in [0.2, 0.25) is 0 Å². The van der Waals surface area contributed by atoms with Gasteiger partial charge in [0.2, 0.25) is 0 Å². The van der Waals surface area contributed by atoms with Gasteiger partial charge in [0.25, 0.3) is 0 Å². The summed E-state index contributed by atoms with van der Waals surface area (Å²) >= 11 is 3.40. The third kappa shape index (κ3) is 3.67. The number of Topliss-reactive ketones (excluding diaryl/α,β-unsaturated/α-hetero) is 1. The number of hydrogen-bond donors (Lipinski definition) is 0. The Morgan fingerprint density at radius 2 is 2.11 bits per heavy atom. The van der Waals surface area contributed by atoms with E-state index < -0.39 is 0 Å². The summed E-state index contributed by atoms with van der Waals surface area (Å²) in [5.74, 6) is 0.998. The summed E-state index contributed by atoms with van der Waals surface area (Å²) in [4.78, 5) is 14.8. The van der Waals surface area contributed by atoms with Crippen molar-refractivity contribution in [2.75, 3.05) is 13.1 Å². The first kappa shape index (κ1) is 14.7. The van der Waals surface area contributed by atoms with Crippen LogP contribution in [0.3, 0.4) is 0 Å². The van der Waals surface area contributed by atoms with Crippen molar-refractivity contribution in [1.82, 2.24) is 4.90 Å². The van der Waals surface area contributed by atoms with Crippen molar-refractivity contribution in [3.05, 3.63) is 34.3 Å². The van der Waals surface area contributed by atoms with E-state index in [4.69, 9.17) is 0 Å². The van der Waals surface area contributed by atoms with E-state index in [0.717, 1.165) is 29.0 Å². The number of halogens is 1. The maximum absolute atomic E-state index is 12.5. The molecule has 1 fully saturated rings. The minimum atomic E-state index is -0.00414. The largest absolute Gasteiger partial charge is 0.293 e. The van der Waals surface area contributed by atoms with Crippen LogP contribution < -0.4 is 0 Å². The maximum Gasteiger partial charge on any atom is 0.179 e. The van der Waals surface area contributed by atoms with Gasteiger partial charge in [-0.05, 0) is 44.4 Å². The van der Waals surface area contributed by atoms with E-state index in [9.17, 15) is 4.79 Å². The van der Waals surface area contributed by atoms with E-state index in [1.807, 2.05) is 31.2 Å². The van der Waals surface area contributed by atoms with Gasteiger partial charge in [0.05, 0.1) is 6.04 Å². The van der Waals surface area contributed by atoms with E-state index in [-0.39, 0.29) is 11.8 Å². The first-order chi connectivity index (χ1) is 9.11. The van der Waals surface area contributed by atoms with Gasteiger partial charge in [-0.2, -0.15) is 0 Å². The van der Waals surface area contributed by atoms with Crippen LogP contribution in [0.25, 0.3) is 0 Å². The molecule has 1 aromatic rings. The highest BCUT2D eigenvalue weighted by Gasteiger charge is 2.27. The van der Waals surface area contributed by atoms with Gasteiger partial charge in [-0.1, -0.05) is 41.4 Å². The Morgan fingerprint density at radius 3 is 2.74 bits per heavy atom. The van der Waals surface area contributed by atoms with Crippen molar-refractivity contribution in [1.29, 1.82) is 0 Å². The van der Waals surface area contributed by atoms with Gasteiger partial charge in [0.1, 0.15) is 0 Å². The quantitative estimate of drug-likeness (QED) is 0.776. The van der Waals surface area contributed by atoms with Crippen molar-refractivity contribution >= 4 is 21.7 Å². The number of piperidine rings is 1. The zero-order valence-electron chi connectivity index (χ0n) is 11.7. The second kappa shape index (κ2) is 6.67. The number of carbonyl (C=O) groups excluding carboxylic acids is 1. The Hall–Kier alpha value is -0.670. The fourth-order valence-corrected chi connectivity index (χ4v) is 3.07. The Morgan fingerprint density at radius 1 is 1.42 bits per heavy atom. The minimum absolute atomic E-state index is 0.00414. The second-order valence-electron chi connectivity index (χ2n) is 5.46. The van der Waals surface area contributed by atoms with Gasteiger partial charge >= 0.3 is 0 Å². The zero-order chi connectivity index (χ0) is 13.8. The third-order valence-electron chi connectivity index (χ3n) is 4.18. The van der Waals surface area contributed by atoms with Crippen LogP contribution in [0.1, 0.15) is 43.5 Å². The monoisotopic (exact) mass is 323 g/mol. The fourth-order valence-electron chi connectivity index (χ4n) is 2.80. The lowest BCUT2D eigenvalue weighted by Crippen LogP contribution is -2.45. The van der Waals surface area contributed by atoms with Crippen LogP contribution in [0.4, 0.5) is 0 Å². The summed E-state index contributed by atoms with van der Waals surface area (Å²) in [5.41, 5.74) is 0.814. The molecule has 104 valence electrons. The van der Waals surface area contributed by atoms with Crippen LogP contribution >= 0.6 is 15.9 Å². The van der Waals surface area contributed by atoms with Gasteiger partial charge < -0.3 is 0 Å². The molecule has 19 heavy (non-hydrogen) atoms. The number of benzene rings is 1. The van der Waals surface area contributed by atoms with E-state index in [0.29, 0.717) is 0 Å². The highest BCUT2D eigenvalue weighted by atomic mass is 79.9. The smallest absolute Gasteiger partial charge is 0.179 e. The van der Waals surface area contributed by atoms with Gasteiger partial charge in [0, 0.05) is 16.6 Å². The number of carbonyl (C=O) groups is 1. The van der Waals surface area contributed by atoms with E-state index in [2.05, 4.69) is 27.8 Å². The third-order valence-corrected chi connectivity index (χ3v) is 4.71. The SMILES string of the molecule is CCC1CCCN(C(C)C(=O)c2ccc(Br)cc2)C1. The topological polar surface area (TPSA) is 20.3 Å². The lowest BCUT2D eigenvalue weighted by Gasteiger charge is -2.35. The molecule has 0 radical (unpaired) electrons. The Bertz CT molecular complexity index is 429. The normalized spacial score (nSPS) is 22.2. The lowest BCUT2D eigenvalue weighted by atomic mass is 9.93. The van der Waals surface area contributed by atoms with E-state index in [1.165, 1.54) is 19.3 Å². The van der Waals surface area contributed by atoms with Crippen LogP contribution in [-0.2, 0) is 0 Å². The van der Waals surface area contributed by atoms with E-state index >= 15 is 0 Å². The molecule has 1 heterocycles. The summed E-state index contributed by atoms with van der Waals surface area (Å²) in [6.45, 7) is 6.41. The number of nitrogens with zero attached hydrogens (tertiary/aromatic N) is 1. The number of ketones is 1. The molecule has 2 rings (SSSR count). The molecule has 0 saturated carbocycles. The summed E-state index contributed by atoms with van der Waals surface area (Å²) in [6, 6.07) is 7.68. The molecular formula is C16H22BrNO. The van der Waals surface area contributed by atoms with Crippen molar-refractivity contribution < 1.29 is 4.79 Å². The molecule has 0 aliphatic carbocycles. The molecule has 1 saturated heterocycles. The molecular weight excluding hydrogens is 302 g/mol. The second-order valence-corrected chi connectivity index (χ2v) is 6.37. The minimum Gasteiger partial charge on any atom is -0.293 e. The molecule has 0 spiro atoms. The standard InChI is InChI=1S/C16H22BrNO/c1-3-13-5-4-10-18(11-13)12(2)16(19)14-6-8-15(17)9-7-14/h6-9,12-13H,3-5,10-11H2,1-2H3. The highest BCUT2D eigenvalue weighted by molar-refractivity contribution is 9.10. The molecule has 1 aliphatic heterocycles. The van der Waals surface area contributed by atoms with Crippen molar-refractivity contribution in [2.24, 2.45) is 5.92 Å². The number of hydrogen-bond acceptors (Lipinski definition) is 2. The van der Waals surface area contributed by atoms with Gasteiger partial charge in [0.15, 0.2) is 5.78 Å². The molecule has 3 heteroatoms. The van der Waals surface area contributed by atoms with Crippen LogP contribution in [-0.4, -0.2) is 29.8 Å². The van der Waals surface area contributed by atoms with Crippen LogP contribution in [0.15, 0.2) is 28.7 Å².